The van der Waals surface area contributed by atoms with Crippen LogP contribution in [0.1, 0.15) is 26.1 Å². The Morgan fingerprint density at radius 3 is 2.67 bits per heavy atom. The van der Waals surface area contributed by atoms with Crippen LogP contribution in [0.4, 0.5) is 0 Å². The predicted octanol–water partition coefficient (Wildman–Crippen LogP) is 1.71. The van der Waals surface area contributed by atoms with Gasteiger partial charge >= 0.3 is 5.97 Å². The van der Waals surface area contributed by atoms with Gasteiger partial charge in [-0.25, -0.2) is 4.98 Å². The Hall–Kier alpha value is -1.32. The number of rotatable bonds is 5. The van der Waals surface area contributed by atoms with Gasteiger partial charge in [0.15, 0.2) is 0 Å². The Kier molecular flexibility index (Phi) is 3.88. The molecule has 1 aromatic rings. The first kappa shape index (κ1) is 11.8. The first-order valence-electron chi connectivity index (χ1n) is 5.18. The summed E-state index contributed by atoms with van der Waals surface area (Å²) in [5.74, 6) is 0.735. The fraction of sp³-hybridized carbons (Fsp3) is 0.636. The maximum atomic E-state index is 10.7. The van der Waals surface area contributed by atoms with E-state index in [4.69, 9.17) is 5.11 Å². The van der Waals surface area contributed by atoms with Gasteiger partial charge in [0.25, 0.3) is 0 Å². The number of aromatic nitrogens is 2. The highest BCUT2D eigenvalue weighted by Gasteiger charge is 2.19. The SMILES string of the molecule is CC(C)C(CC(=O)O)Cc1nccn1C. The second kappa shape index (κ2) is 4.96. The number of hydrogen-bond acceptors (Lipinski definition) is 2. The van der Waals surface area contributed by atoms with E-state index in [1.807, 2.05) is 17.8 Å². The molecule has 0 aliphatic carbocycles. The molecule has 0 bridgehead atoms. The Bertz CT molecular complexity index is 331. The molecule has 0 radical (unpaired) electrons. The Labute approximate surface area is 89.9 Å². The molecule has 0 fully saturated rings. The fourth-order valence-corrected chi connectivity index (χ4v) is 1.60. The molecule has 1 heterocycles. The van der Waals surface area contributed by atoms with Gasteiger partial charge in [-0.1, -0.05) is 13.8 Å². The maximum Gasteiger partial charge on any atom is 0.303 e. The molecule has 4 heteroatoms. The van der Waals surface area contributed by atoms with E-state index in [2.05, 4.69) is 18.8 Å². The summed E-state index contributed by atoms with van der Waals surface area (Å²) in [7, 11) is 1.93. The summed E-state index contributed by atoms with van der Waals surface area (Å²) in [5.41, 5.74) is 0. The second-order valence-corrected chi connectivity index (χ2v) is 4.26. The first-order valence-corrected chi connectivity index (χ1v) is 5.18. The van der Waals surface area contributed by atoms with E-state index in [1.54, 1.807) is 6.20 Å². The third-order valence-corrected chi connectivity index (χ3v) is 2.75. The molecule has 1 N–H and O–H groups in total. The third kappa shape index (κ3) is 3.38. The molecule has 1 atom stereocenters. The molecule has 0 saturated heterocycles. The van der Waals surface area contributed by atoms with Gasteiger partial charge in [0.2, 0.25) is 0 Å². The van der Waals surface area contributed by atoms with Crippen LogP contribution in [-0.2, 0) is 18.3 Å². The number of nitrogens with zero attached hydrogens (tertiary/aromatic N) is 2. The molecule has 84 valence electrons. The van der Waals surface area contributed by atoms with Gasteiger partial charge in [-0.15, -0.1) is 0 Å². The minimum Gasteiger partial charge on any atom is -0.481 e. The molecule has 0 spiro atoms. The van der Waals surface area contributed by atoms with Gasteiger partial charge < -0.3 is 9.67 Å². The first-order chi connectivity index (χ1) is 7.00. The van der Waals surface area contributed by atoms with Crippen LogP contribution in [0.3, 0.4) is 0 Å². The molecule has 4 nitrogen and oxygen atoms in total. The molecular weight excluding hydrogens is 192 g/mol. The van der Waals surface area contributed by atoms with E-state index in [0.29, 0.717) is 5.92 Å². The van der Waals surface area contributed by atoms with Gasteiger partial charge in [-0.05, 0) is 11.8 Å². The summed E-state index contributed by atoms with van der Waals surface area (Å²) < 4.78 is 1.94. The van der Waals surface area contributed by atoms with Gasteiger partial charge in [-0.2, -0.15) is 0 Å². The van der Waals surface area contributed by atoms with E-state index in [-0.39, 0.29) is 12.3 Å². The molecule has 1 aromatic heterocycles. The minimum atomic E-state index is -0.733. The van der Waals surface area contributed by atoms with Crippen molar-refractivity contribution in [1.82, 2.24) is 9.55 Å². The van der Waals surface area contributed by atoms with Crippen LogP contribution in [0.5, 0.6) is 0 Å². The highest BCUT2D eigenvalue weighted by atomic mass is 16.4. The zero-order valence-electron chi connectivity index (χ0n) is 9.47. The van der Waals surface area contributed by atoms with Crippen LogP contribution in [0.25, 0.3) is 0 Å². The number of hydrogen-bond donors (Lipinski definition) is 1. The molecule has 0 aliphatic rings. The zero-order chi connectivity index (χ0) is 11.4. The van der Waals surface area contributed by atoms with Crippen molar-refractivity contribution < 1.29 is 9.90 Å². The highest BCUT2D eigenvalue weighted by molar-refractivity contribution is 5.67. The van der Waals surface area contributed by atoms with E-state index in [1.165, 1.54) is 0 Å². The fourth-order valence-electron chi connectivity index (χ4n) is 1.60. The topological polar surface area (TPSA) is 55.1 Å². The number of imidazole rings is 1. The van der Waals surface area contributed by atoms with Gasteiger partial charge in [0.05, 0.1) is 0 Å². The summed E-state index contributed by atoms with van der Waals surface area (Å²) in [6.45, 7) is 4.10. The van der Waals surface area contributed by atoms with Crippen molar-refractivity contribution in [3.63, 3.8) is 0 Å². The lowest BCUT2D eigenvalue weighted by Gasteiger charge is -2.18. The quantitative estimate of drug-likeness (QED) is 0.805. The largest absolute Gasteiger partial charge is 0.481 e. The third-order valence-electron chi connectivity index (χ3n) is 2.75. The number of aliphatic carboxylic acids is 1. The monoisotopic (exact) mass is 210 g/mol. The summed E-state index contributed by atoms with van der Waals surface area (Å²) in [4.78, 5) is 14.9. The normalized spacial score (nSPS) is 13.1. The zero-order valence-corrected chi connectivity index (χ0v) is 9.47. The van der Waals surface area contributed by atoms with Crippen molar-refractivity contribution in [2.45, 2.75) is 26.7 Å². The van der Waals surface area contributed by atoms with Crippen molar-refractivity contribution in [3.05, 3.63) is 18.2 Å². The summed E-state index contributed by atoms with van der Waals surface area (Å²) in [6, 6.07) is 0. The summed E-state index contributed by atoms with van der Waals surface area (Å²) >= 11 is 0. The van der Waals surface area contributed by atoms with E-state index < -0.39 is 5.97 Å². The molecular formula is C11H18N2O2. The smallest absolute Gasteiger partial charge is 0.303 e. The Balaban J connectivity index is 2.67. The lowest BCUT2D eigenvalue weighted by molar-refractivity contribution is -0.138. The van der Waals surface area contributed by atoms with Crippen LogP contribution in [0.2, 0.25) is 0 Å². The second-order valence-electron chi connectivity index (χ2n) is 4.26. The standard InChI is InChI=1S/C11H18N2O2/c1-8(2)9(7-11(14)15)6-10-12-4-5-13(10)3/h4-5,8-9H,6-7H2,1-3H3,(H,14,15). The summed E-state index contributed by atoms with van der Waals surface area (Å²) in [6.07, 6.45) is 4.57. The van der Waals surface area contributed by atoms with E-state index >= 15 is 0 Å². The van der Waals surface area contributed by atoms with Gasteiger partial charge in [-0.3, -0.25) is 4.79 Å². The van der Waals surface area contributed by atoms with E-state index in [0.717, 1.165) is 12.2 Å². The molecule has 0 saturated carbocycles. The molecule has 1 rings (SSSR count). The number of carboxylic acid groups (broad SMARTS) is 1. The van der Waals surface area contributed by atoms with Crippen molar-refractivity contribution in [1.29, 1.82) is 0 Å². The average Bonchev–Trinajstić information content (AvgIpc) is 2.50. The Morgan fingerprint density at radius 1 is 1.60 bits per heavy atom. The molecule has 0 aliphatic heterocycles. The predicted molar refractivity (Wildman–Crippen MR) is 57.5 cm³/mol. The van der Waals surface area contributed by atoms with E-state index in [9.17, 15) is 4.79 Å². The molecule has 15 heavy (non-hydrogen) atoms. The van der Waals surface area contributed by atoms with Crippen LogP contribution < -0.4 is 0 Å². The van der Waals surface area contributed by atoms with Crippen molar-refractivity contribution in [3.8, 4) is 0 Å². The molecule has 1 unspecified atom stereocenters. The van der Waals surface area contributed by atoms with Crippen molar-refractivity contribution in [2.75, 3.05) is 0 Å². The lowest BCUT2D eigenvalue weighted by atomic mass is 9.89. The van der Waals surface area contributed by atoms with Crippen LogP contribution in [0, 0.1) is 11.8 Å². The number of carbonyl (C=O) groups is 1. The molecule has 0 amide bonds. The van der Waals surface area contributed by atoms with Crippen LogP contribution >= 0.6 is 0 Å². The van der Waals surface area contributed by atoms with Gasteiger partial charge in [0.1, 0.15) is 5.82 Å². The molecule has 0 aromatic carbocycles. The van der Waals surface area contributed by atoms with Crippen molar-refractivity contribution >= 4 is 5.97 Å². The number of carboxylic acids is 1. The maximum absolute atomic E-state index is 10.7. The minimum absolute atomic E-state index is 0.156. The highest BCUT2D eigenvalue weighted by Crippen LogP contribution is 2.19. The lowest BCUT2D eigenvalue weighted by Crippen LogP contribution is -2.18. The Morgan fingerprint density at radius 2 is 2.27 bits per heavy atom. The van der Waals surface area contributed by atoms with Crippen LogP contribution in [0.15, 0.2) is 12.4 Å². The average molecular weight is 210 g/mol. The van der Waals surface area contributed by atoms with Crippen molar-refractivity contribution in [2.24, 2.45) is 18.9 Å². The van der Waals surface area contributed by atoms with Gasteiger partial charge in [0, 0.05) is 32.3 Å². The number of aryl methyl sites for hydroxylation is 1. The summed E-state index contributed by atoms with van der Waals surface area (Å²) in [5, 5.41) is 8.80. The van der Waals surface area contributed by atoms with Crippen LogP contribution in [-0.4, -0.2) is 20.6 Å².